The summed E-state index contributed by atoms with van der Waals surface area (Å²) in [4.78, 5) is 10.1. The van der Waals surface area contributed by atoms with Gasteiger partial charge in [0.2, 0.25) is 0 Å². The topological polar surface area (TPSA) is 53.4 Å². The molecule has 2 saturated heterocycles. The zero-order valence-corrected chi connectivity index (χ0v) is 22.9. The van der Waals surface area contributed by atoms with Crippen LogP contribution in [-0.2, 0) is 0 Å². The highest BCUT2D eigenvalue weighted by molar-refractivity contribution is 5.14. The molecule has 2 heterocycles. The number of piperazine rings is 2. The van der Waals surface area contributed by atoms with Crippen molar-refractivity contribution in [3.8, 4) is 0 Å². The molecule has 6 nitrogen and oxygen atoms in total. The molecular formula is C29H52N4O2. The fourth-order valence-electron chi connectivity index (χ4n) is 10.3. The summed E-state index contributed by atoms with van der Waals surface area (Å²) in [5, 5.41) is 23.0. The molecule has 10 atom stereocenters. The van der Waals surface area contributed by atoms with Crippen LogP contribution in [-0.4, -0.2) is 121 Å². The Balaban J connectivity index is 1.21. The van der Waals surface area contributed by atoms with Gasteiger partial charge in [0.1, 0.15) is 0 Å². The second-order valence-corrected chi connectivity index (χ2v) is 14.2. The van der Waals surface area contributed by atoms with E-state index in [0.29, 0.717) is 29.3 Å². The van der Waals surface area contributed by atoms with Gasteiger partial charge in [-0.3, -0.25) is 9.80 Å². The Bertz CT molecular complexity index is 766. The molecule has 0 amide bonds. The summed E-state index contributed by atoms with van der Waals surface area (Å²) in [5.74, 6) is 2.85. The van der Waals surface area contributed by atoms with Crippen LogP contribution in [0, 0.1) is 34.5 Å². The third-order valence-electron chi connectivity index (χ3n) is 12.7. The number of nitrogens with zero attached hydrogens (tertiary/aromatic N) is 4. The average Bonchev–Trinajstić information content (AvgIpc) is 3.11. The van der Waals surface area contributed by atoms with Gasteiger partial charge in [0.25, 0.3) is 0 Å². The lowest BCUT2D eigenvalue weighted by atomic mass is 9.44. The Morgan fingerprint density at radius 2 is 1.26 bits per heavy atom. The Kier molecular flexibility index (Phi) is 6.59. The van der Waals surface area contributed by atoms with E-state index in [4.69, 9.17) is 0 Å². The van der Waals surface area contributed by atoms with E-state index in [1.165, 1.54) is 38.5 Å². The van der Waals surface area contributed by atoms with Gasteiger partial charge in [-0.2, -0.15) is 0 Å². The standard InChI is InChI=1S/C29H52N4O2/c1-28-8-7-22-21(23(28)18-24(27(28)35)32-13-9-30(3)10-14-32)6-5-20-17-26(34)25(19-29(20,22)2)33-15-11-31(4)12-16-33/h20-27,34-35H,5-19H2,1-4H3/t20-,21-,22+,23+,24-,25-,26+,27-,28-,29-/m0/s1. The first-order valence-corrected chi connectivity index (χ1v) is 14.9. The number of rotatable bonds is 2. The van der Waals surface area contributed by atoms with Crippen molar-refractivity contribution in [2.24, 2.45) is 34.5 Å². The van der Waals surface area contributed by atoms with Crippen molar-refractivity contribution in [1.82, 2.24) is 19.6 Å². The third-order valence-corrected chi connectivity index (χ3v) is 12.7. The maximum absolute atomic E-state index is 11.7. The normalized spacial score (nSPS) is 52.6. The second kappa shape index (κ2) is 9.20. The van der Waals surface area contributed by atoms with Crippen molar-refractivity contribution >= 4 is 0 Å². The Labute approximate surface area is 214 Å². The second-order valence-electron chi connectivity index (χ2n) is 14.2. The van der Waals surface area contributed by atoms with Crippen molar-refractivity contribution in [3.05, 3.63) is 0 Å². The fourth-order valence-corrected chi connectivity index (χ4v) is 10.3. The molecule has 6 aliphatic rings. The van der Waals surface area contributed by atoms with E-state index < -0.39 is 0 Å². The Morgan fingerprint density at radius 1 is 0.657 bits per heavy atom. The molecule has 2 aliphatic heterocycles. The van der Waals surface area contributed by atoms with Crippen molar-refractivity contribution in [3.63, 3.8) is 0 Å². The van der Waals surface area contributed by atoms with Crippen molar-refractivity contribution in [2.45, 2.75) is 83.1 Å². The van der Waals surface area contributed by atoms with E-state index in [1.807, 2.05) is 0 Å². The number of aliphatic hydroxyl groups is 2. The summed E-state index contributed by atoms with van der Waals surface area (Å²) in [6, 6.07) is 0.693. The molecule has 0 spiro atoms. The van der Waals surface area contributed by atoms with Crippen LogP contribution < -0.4 is 0 Å². The molecule has 35 heavy (non-hydrogen) atoms. The van der Waals surface area contributed by atoms with Gasteiger partial charge in [-0.05, 0) is 93.5 Å². The first-order valence-electron chi connectivity index (χ1n) is 14.9. The van der Waals surface area contributed by atoms with Crippen LogP contribution in [0.2, 0.25) is 0 Å². The summed E-state index contributed by atoms with van der Waals surface area (Å²) in [6.07, 6.45) is 8.13. The molecule has 0 radical (unpaired) electrons. The minimum atomic E-state index is -0.173. The first kappa shape index (κ1) is 25.1. The summed E-state index contributed by atoms with van der Waals surface area (Å²) in [6.45, 7) is 14.0. The van der Waals surface area contributed by atoms with Crippen LogP contribution in [0.5, 0.6) is 0 Å². The fraction of sp³-hybridized carbons (Fsp3) is 1.00. The number of likely N-dealkylation sites (N-methyl/N-ethyl adjacent to an activating group) is 2. The van der Waals surface area contributed by atoms with Gasteiger partial charge in [0, 0.05) is 64.4 Å². The predicted octanol–water partition coefficient (Wildman–Crippen LogP) is 2.20. The molecule has 6 heteroatoms. The molecule has 0 unspecified atom stereocenters. The minimum Gasteiger partial charge on any atom is -0.391 e. The van der Waals surface area contributed by atoms with Gasteiger partial charge in [0.15, 0.2) is 0 Å². The van der Waals surface area contributed by atoms with Crippen LogP contribution >= 0.6 is 0 Å². The molecule has 0 aromatic rings. The van der Waals surface area contributed by atoms with Gasteiger partial charge in [-0.1, -0.05) is 13.8 Å². The van der Waals surface area contributed by atoms with Gasteiger partial charge in [-0.15, -0.1) is 0 Å². The first-order chi connectivity index (χ1) is 16.7. The van der Waals surface area contributed by atoms with Crippen molar-refractivity contribution < 1.29 is 10.2 Å². The predicted molar refractivity (Wildman–Crippen MR) is 140 cm³/mol. The molecule has 6 rings (SSSR count). The van der Waals surface area contributed by atoms with E-state index in [0.717, 1.165) is 70.6 Å². The van der Waals surface area contributed by atoms with E-state index in [1.54, 1.807) is 0 Å². The number of hydrogen-bond donors (Lipinski definition) is 2. The Morgan fingerprint density at radius 3 is 1.89 bits per heavy atom. The smallest absolute Gasteiger partial charge is 0.0751 e. The molecule has 0 aromatic carbocycles. The van der Waals surface area contributed by atoms with Crippen molar-refractivity contribution in [1.29, 1.82) is 0 Å². The molecule has 4 aliphatic carbocycles. The maximum Gasteiger partial charge on any atom is 0.0751 e. The molecule has 0 aromatic heterocycles. The van der Waals surface area contributed by atoms with Gasteiger partial charge in [0.05, 0.1) is 12.2 Å². The summed E-state index contributed by atoms with van der Waals surface area (Å²) in [7, 11) is 4.45. The van der Waals surface area contributed by atoms with Crippen molar-refractivity contribution in [2.75, 3.05) is 66.5 Å². The number of fused-ring (bicyclic) bond motifs is 5. The number of hydrogen-bond acceptors (Lipinski definition) is 6. The zero-order chi connectivity index (χ0) is 24.5. The molecule has 6 fully saturated rings. The molecule has 4 saturated carbocycles. The lowest BCUT2D eigenvalue weighted by molar-refractivity contribution is -0.155. The molecule has 200 valence electrons. The molecule has 0 bridgehead atoms. The highest BCUT2D eigenvalue weighted by atomic mass is 16.3. The van der Waals surface area contributed by atoms with Crippen LogP contribution in [0.15, 0.2) is 0 Å². The van der Waals surface area contributed by atoms with E-state index >= 15 is 0 Å². The third kappa shape index (κ3) is 4.04. The average molecular weight is 489 g/mol. The van der Waals surface area contributed by atoms with Crippen LogP contribution in [0.1, 0.15) is 58.8 Å². The summed E-state index contributed by atoms with van der Waals surface area (Å²) in [5.41, 5.74) is 0.428. The Hall–Kier alpha value is -0.240. The lowest BCUT2D eigenvalue weighted by Gasteiger charge is -2.62. The monoisotopic (exact) mass is 488 g/mol. The quantitative estimate of drug-likeness (QED) is 0.622. The van der Waals surface area contributed by atoms with E-state index in [9.17, 15) is 10.2 Å². The summed E-state index contributed by atoms with van der Waals surface area (Å²) < 4.78 is 0. The zero-order valence-electron chi connectivity index (χ0n) is 22.9. The minimum absolute atomic E-state index is 0.0867. The molecule has 2 N–H and O–H groups in total. The van der Waals surface area contributed by atoms with Crippen LogP contribution in [0.4, 0.5) is 0 Å². The lowest BCUT2D eigenvalue weighted by Crippen LogP contribution is -2.61. The highest BCUT2D eigenvalue weighted by Crippen LogP contribution is 2.66. The van der Waals surface area contributed by atoms with Crippen LogP contribution in [0.3, 0.4) is 0 Å². The van der Waals surface area contributed by atoms with E-state index in [2.05, 4.69) is 47.5 Å². The van der Waals surface area contributed by atoms with Gasteiger partial charge in [-0.25, -0.2) is 0 Å². The van der Waals surface area contributed by atoms with Gasteiger partial charge < -0.3 is 20.0 Å². The maximum atomic E-state index is 11.7. The van der Waals surface area contributed by atoms with E-state index in [-0.39, 0.29) is 17.6 Å². The SMILES string of the molecule is CN1CCN([C@H]2C[C@@]3(C)[C@@H](CC[C@H]4[C@H]3CC[C@@]3(C)[C@@H]4C[C@H](N4CCN(C)CC4)[C@@H]3O)C[C@H]2O)CC1. The molecular weight excluding hydrogens is 436 g/mol. The van der Waals surface area contributed by atoms with Gasteiger partial charge >= 0.3 is 0 Å². The number of aliphatic hydroxyl groups excluding tert-OH is 2. The largest absolute Gasteiger partial charge is 0.391 e. The summed E-state index contributed by atoms with van der Waals surface area (Å²) >= 11 is 0. The highest BCUT2D eigenvalue weighted by Gasteiger charge is 2.63. The van der Waals surface area contributed by atoms with Crippen LogP contribution in [0.25, 0.3) is 0 Å².